The van der Waals surface area contributed by atoms with E-state index < -0.39 is 28.5 Å². The molecule has 10 heteroatoms. The van der Waals surface area contributed by atoms with Crippen LogP contribution < -0.4 is 5.32 Å². The molecule has 30 heavy (non-hydrogen) atoms. The highest BCUT2D eigenvalue weighted by Crippen LogP contribution is 2.27. The van der Waals surface area contributed by atoms with Crippen LogP contribution in [0.25, 0.3) is 0 Å². The number of amides is 3. The molecule has 0 atom stereocenters. The molecule has 156 valence electrons. The lowest BCUT2D eigenvalue weighted by molar-refractivity contribution is -0.384. The second-order valence-corrected chi connectivity index (χ2v) is 6.62. The van der Waals surface area contributed by atoms with Crippen molar-refractivity contribution in [3.63, 3.8) is 0 Å². The molecule has 0 spiro atoms. The van der Waals surface area contributed by atoms with Crippen molar-refractivity contribution in [2.75, 3.05) is 18.4 Å². The first kappa shape index (κ1) is 20.8. The zero-order chi connectivity index (χ0) is 21.7. The number of rotatable bonds is 5. The largest absolute Gasteiger partial charge is 0.443 e. The molecule has 2 aromatic rings. The number of nitro benzene ring substituents is 1. The Morgan fingerprint density at radius 3 is 2.47 bits per heavy atom. The van der Waals surface area contributed by atoms with Gasteiger partial charge in [-0.25, -0.2) is 14.8 Å². The van der Waals surface area contributed by atoms with Crippen LogP contribution >= 0.6 is 0 Å². The van der Waals surface area contributed by atoms with E-state index in [4.69, 9.17) is 4.74 Å². The summed E-state index contributed by atoms with van der Waals surface area (Å²) in [4.78, 5) is 47.3. The average Bonchev–Trinajstić information content (AvgIpc) is 3.22. The number of nitro groups is 1. The van der Waals surface area contributed by atoms with Crippen molar-refractivity contribution in [3.8, 4) is 0 Å². The molecule has 0 unspecified atom stereocenters. The molecule has 0 aliphatic carbocycles. The Labute approximate surface area is 172 Å². The monoisotopic (exact) mass is 412 g/mol. The van der Waals surface area contributed by atoms with E-state index >= 15 is 0 Å². The van der Waals surface area contributed by atoms with Gasteiger partial charge in [0.15, 0.2) is 0 Å². The Morgan fingerprint density at radius 2 is 1.80 bits per heavy atom. The van der Waals surface area contributed by atoms with Gasteiger partial charge in [-0.1, -0.05) is 30.3 Å². The van der Waals surface area contributed by atoms with Gasteiger partial charge in [-0.3, -0.25) is 19.7 Å². The number of hydrogen-bond donors (Lipinski definition) is 1. The van der Waals surface area contributed by atoms with Crippen LogP contribution in [-0.2, 0) is 16.1 Å². The van der Waals surface area contributed by atoms with Gasteiger partial charge in [0.1, 0.15) is 12.3 Å². The van der Waals surface area contributed by atoms with Crippen LogP contribution in [0.4, 0.5) is 16.2 Å². The van der Waals surface area contributed by atoms with Crippen molar-refractivity contribution in [1.82, 2.24) is 10.0 Å². The lowest BCUT2D eigenvalue weighted by Gasteiger charge is -2.27. The van der Waals surface area contributed by atoms with Gasteiger partial charge in [0.05, 0.1) is 4.92 Å². The molecular weight excluding hydrogens is 392 g/mol. The third-order valence-electron chi connectivity index (χ3n) is 4.43. The van der Waals surface area contributed by atoms with E-state index in [2.05, 4.69) is 5.32 Å². The molecule has 0 saturated carbocycles. The molecular formula is C20H20N4O6. The van der Waals surface area contributed by atoms with Crippen molar-refractivity contribution in [3.05, 3.63) is 69.8 Å². The summed E-state index contributed by atoms with van der Waals surface area (Å²) in [5.74, 6) is -1.04. The highest BCUT2D eigenvalue weighted by molar-refractivity contribution is 5.98. The third kappa shape index (κ3) is 4.72. The Balaban J connectivity index is 1.74. The van der Waals surface area contributed by atoms with Crippen LogP contribution in [0.1, 0.15) is 29.3 Å². The van der Waals surface area contributed by atoms with Crippen LogP contribution in [0.2, 0.25) is 0 Å². The van der Waals surface area contributed by atoms with Crippen molar-refractivity contribution in [2.45, 2.75) is 20.0 Å². The number of carbonyl (C=O) groups is 3. The molecule has 1 saturated heterocycles. The van der Waals surface area contributed by atoms with Crippen molar-refractivity contribution < 1.29 is 24.0 Å². The maximum atomic E-state index is 12.9. The Hall–Kier alpha value is -3.95. The Kier molecular flexibility index (Phi) is 6.26. The predicted molar refractivity (Wildman–Crippen MR) is 106 cm³/mol. The number of nitrogens with one attached hydrogen (secondary N) is 1. The lowest BCUT2D eigenvalue weighted by Crippen LogP contribution is -2.45. The molecule has 3 rings (SSSR count). The number of nitrogens with zero attached hydrogens (tertiary/aromatic N) is 3. The second kappa shape index (κ2) is 9.03. The zero-order valence-electron chi connectivity index (χ0n) is 16.2. The van der Waals surface area contributed by atoms with E-state index in [0.29, 0.717) is 13.0 Å². The predicted octanol–water partition coefficient (Wildman–Crippen LogP) is 2.95. The molecule has 1 heterocycles. The summed E-state index contributed by atoms with van der Waals surface area (Å²) in [5.41, 5.74) is 0.420. The maximum absolute atomic E-state index is 12.9. The van der Waals surface area contributed by atoms with Crippen LogP contribution in [-0.4, -0.2) is 45.9 Å². The number of hydrazine groups is 1. The molecule has 1 aliphatic heterocycles. The number of anilines is 1. The van der Waals surface area contributed by atoms with E-state index in [9.17, 15) is 24.5 Å². The van der Waals surface area contributed by atoms with Gasteiger partial charge in [-0.15, -0.1) is 0 Å². The molecule has 0 bridgehead atoms. The highest BCUT2D eigenvalue weighted by Gasteiger charge is 2.33. The van der Waals surface area contributed by atoms with E-state index in [-0.39, 0.29) is 24.4 Å². The smallest absolute Gasteiger partial charge is 0.429 e. The normalized spacial score (nSPS) is 13.1. The number of hydrogen-bond acceptors (Lipinski definition) is 6. The minimum absolute atomic E-state index is 0.00963. The van der Waals surface area contributed by atoms with E-state index in [1.165, 1.54) is 29.1 Å². The van der Waals surface area contributed by atoms with Gasteiger partial charge in [0, 0.05) is 31.6 Å². The van der Waals surface area contributed by atoms with Crippen molar-refractivity contribution in [1.29, 1.82) is 0 Å². The fourth-order valence-corrected chi connectivity index (χ4v) is 3.07. The number of carbonyl (C=O) groups excluding carboxylic acids is 3. The molecule has 3 amide bonds. The molecule has 1 N–H and O–H groups in total. The van der Waals surface area contributed by atoms with Gasteiger partial charge in [0.2, 0.25) is 5.91 Å². The molecule has 2 aromatic carbocycles. The first-order valence-electron chi connectivity index (χ1n) is 9.23. The minimum atomic E-state index is -0.683. The van der Waals surface area contributed by atoms with E-state index in [0.717, 1.165) is 11.6 Å². The molecule has 0 aromatic heterocycles. The molecule has 0 radical (unpaired) electrons. The second-order valence-electron chi connectivity index (χ2n) is 6.62. The SMILES string of the molecule is CC(=O)Nc1ccc(C(=O)N2CCCN2C(=O)OCc2ccccc2)cc1[N+](=O)[O-]. The van der Waals surface area contributed by atoms with Crippen LogP contribution in [0.15, 0.2) is 48.5 Å². The summed E-state index contributed by atoms with van der Waals surface area (Å²) in [7, 11) is 0. The van der Waals surface area contributed by atoms with Crippen LogP contribution in [0.3, 0.4) is 0 Å². The summed E-state index contributed by atoms with van der Waals surface area (Å²) < 4.78 is 5.29. The van der Waals surface area contributed by atoms with Gasteiger partial charge in [-0.2, -0.15) is 0 Å². The molecule has 1 aliphatic rings. The standard InChI is InChI=1S/C20H20N4O6/c1-14(25)21-17-9-8-16(12-18(17)24(28)29)19(26)22-10-5-11-23(22)20(27)30-13-15-6-3-2-4-7-15/h2-4,6-9,12H,5,10-11,13H2,1H3,(H,21,25). The Bertz CT molecular complexity index is 979. The summed E-state index contributed by atoms with van der Waals surface area (Å²) in [6.45, 7) is 1.87. The third-order valence-corrected chi connectivity index (χ3v) is 4.43. The fourth-order valence-electron chi connectivity index (χ4n) is 3.07. The van der Waals surface area contributed by atoms with E-state index in [1.54, 1.807) is 0 Å². The summed E-state index contributed by atoms with van der Waals surface area (Å²) in [5, 5.41) is 16.1. The summed E-state index contributed by atoms with van der Waals surface area (Å²) in [6.07, 6.45) is -0.118. The number of ether oxygens (including phenoxy) is 1. The highest BCUT2D eigenvalue weighted by atomic mass is 16.6. The fraction of sp³-hybridized carbons (Fsp3) is 0.250. The lowest BCUT2D eigenvalue weighted by atomic mass is 10.1. The first-order valence-corrected chi connectivity index (χ1v) is 9.23. The van der Waals surface area contributed by atoms with Gasteiger partial charge >= 0.3 is 6.09 Å². The van der Waals surface area contributed by atoms with Crippen molar-refractivity contribution in [2.24, 2.45) is 0 Å². The Morgan fingerprint density at radius 1 is 1.10 bits per heavy atom. The number of benzene rings is 2. The topological polar surface area (TPSA) is 122 Å². The average molecular weight is 412 g/mol. The molecule has 10 nitrogen and oxygen atoms in total. The van der Waals surface area contributed by atoms with Gasteiger partial charge in [-0.05, 0) is 24.1 Å². The zero-order valence-corrected chi connectivity index (χ0v) is 16.2. The minimum Gasteiger partial charge on any atom is -0.443 e. The summed E-state index contributed by atoms with van der Waals surface area (Å²) in [6, 6.07) is 12.9. The first-order chi connectivity index (χ1) is 14.4. The molecule has 1 fully saturated rings. The summed E-state index contributed by atoms with van der Waals surface area (Å²) >= 11 is 0. The van der Waals surface area contributed by atoms with Gasteiger partial charge < -0.3 is 10.1 Å². The van der Waals surface area contributed by atoms with Gasteiger partial charge in [0.25, 0.3) is 11.6 Å². The van der Waals surface area contributed by atoms with Crippen molar-refractivity contribution >= 4 is 29.3 Å². The maximum Gasteiger partial charge on any atom is 0.429 e. The van der Waals surface area contributed by atoms with Crippen LogP contribution in [0, 0.1) is 10.1 Å². The van der Waals surface area contributed by atoms with E-state index in [1.807, 2.05) is 30.3 Å². The van der Waals surface area contributed by atoms with Crippen LogP contribution in [0.5, 0.6) is 0 Å². The quantitative estimate of drug-likeness (QED) is 0.595.